The molecule has 0 aromatic carbocycles. The number of carbonyl (C=O) groups is 3. The minimum Gasteiger partial charge on any atom is -0.477 e. The molecule has 8 nitrogen and oxygen atoms in total. The standard InChI is InChI=1S/C11H16N4O4/c1-3-4-15(5-7(16)12-2)10(17)8-9(11(18)19)14-6-13-8/h6H,3-5H2,1-2H3,(H,12,16)(H,13,14)(H,18,19). The molecule has 104 valence electrons. The third kappa shape index (κ3) is 3.54. The van der Waals surface area contributed by atoms with Gasteiger partial charge in [-0.15, -0.1) is 0 Å². The number of nitrogens with one attached hydrogen (secondary N) is 2. The summed E-state index contributed by atoms with van der Waals surface area (Å²) < 4.78 is 0. The largest absolute Gasteiger partial charge is 0.477 e. The fraction of sp³-hybridized carbons (Fsp3) is 0.455. The number of H-pyrrole nitrogens is 1. The average Bonchev–Trinajstić information content (AvgIpc) is 2.86. The minimum absolute atomic E-state index is 0.130. The molecule has 1 heterocycles. The molecule has 0 atom stereocenters. The highest BCUT2D eigenvalue weighted by molar-refractivity contribution is 6.03. The van der Waals surface area contributed by atoms with Crippen LogP contribution in [0.2, 0.25) is 0 Å². The Bertz CT molecular complexity index is 483. The van der Waals surface area contributed by atoms with E-state index in [-0.39, 0.29) is 23.8 Å². The monoisotopic (exact) mass is 268 g/mol. The summed E-state index contributed by atoms with van der Waals surface area (Å²) in [7, 11) is 1.47. The number of hydrogen-bond donors (Lipinski definition) is 3. The normalized spacial score (nSPS) is 10.0. The summed E-state index contributed by atoms with van der Waals surface area (Å²) in [5.74, 6) is -2.17. The summed E-state index contributed by atoms with van der Waals surface area (Å²) >= 11 is 0. The Morgan fingerprint density at radius 2 is 2.16 bits per heavy atom. The van der Waals surface area contributed by atoms with Crippen molar-refractivity contribution in [1.29, 1.82) is 0 Å². The summed E-state index contributed by atoms with van der Waals surface area (Å²) in [6.45, 7) is 2.07. The Balaban J connectivity index is 2.95. The summed E-state index contributed by atoms with van der Waals surface area (Å²) in [5.41, 5.74) is -0.465. The number of rotatable bonds is 6. The molecule has 1 aromatic heterocycles. The molecule has 0 unspecified atom stereocenters. The van der Waals surface area contributed by atoms with Crippen molar-refractivity contribution < 1.29 is 19.5 Å². The Hall–Kier alpha value is -2.38. The summed E-state index contributed by atoms with van der Waals surface area (Å²) in [4.78, 5) is 41.8. The molecular formula is C11H16N4O4. The second-order valence-electron chi connectivity index (χ2n) is 3.83. The molecule has 0 bridgehead atoms. The van der Waals surface area contributed by atoms with E-state index in [4.69, 9.17) is 5.11 Å². The number of aromatic carboxylic acids is 1. The van der Waals surface area contributed by atoms with E-state index in [2.05, 4.69) is 15.3 Å². The first-order chi connectivity index (χ1) is 9.01. The Kier molecular flexibility index (Phi) is 5.04. The van der Waals surface area contributed by atoms with Crippen molar-refractivity contribution in [3.05, 3.63) is 17.7 Å². The number of hydrogen-bond acceptors (Lipinski definition) is 4. The van der Waals surface area contributed by atoms with Crippen LogP contribution in [0, 0.1) is 0 Å². The molecule has 0 radical (unpaired) electrons. The van der Waals surface area contributed by atoms with Gasteiger partial charge in [0.15, 0.2) is 11.4 Å². The molecule has 0 aliphatic carbocycles. The van der Waals surface area contributed by atoms with Crippen LogP contribution in [-0.2, 0) is 4.79 Å². The maximum Gasteiger partial charge on any atom is 0.354 e. The first-order valence-electron chi connectivity index (χ1n) is 5.77. The summed E-state index contributed by atoms with van der Waals surface area (Å²) in [6.07, 6.45) is 1.79. The molecule has 3 N–H and O–H groups in total. The van der Waals surface area contributed by atoms with E-state index in [1.165, 1.54) is 11.9 Å². The van der Waals surface area contributed by atoms with E-state index in [1.807, 2.05) is 6.92 Å². The zero-order valence-electron chi connectivity index (χ0n) is 10.8. The molecule has 0 saturated heterocycles. The van der Waals surface area contributed by atoms with Gasteiger partial charge < -0.3 is 20.3 Å². The second kappa shape index (κ2) is 6.53. The first-order valence-corrected chi connectivity index (χ1v) is 5.77. The van der Waals surface area contributed by atoms with E-state index < -0.39 is 11.9 Å². The van der Waals surface area contributed by atoms with Crippen molar-refractivity contribution >= 4 is 17.8 Å². The number of nitrogens with zero attached hydrogens (tertiary/aromatic N) is 2. The SMILES string of the molecule is CCCN(CC(=O)NC)C(=O)c1nc[nH]c1C(=O)O. The summed E-state index contributed by atoms with van der Waals surface area (Å²) in [5, 5.41) is 11.3. The topological polar surface area (TPSA) is 115 Å². The van der Waals surface area contributed by atoms with Crippen molar-refractivity contribution in [2.75, 3.05) is 20.1 Å². The van der Waals surface area contributed by atoms with Gasteiger partial charge in [-0.2, -0.15) is 0 Å². The van der Waals surface area contributed by atoms with Crippen LogP contribution in [0.1, 0.15) is 34.3 Å². The zero-order chi connectivity index (χ0) is 14.4. The Labute approximate surface area is 109 Å². The number of aromatic nitrogens is 2. The third-order valence-corrected chi connectivity index (χ3v) is 2.45. The van der Waals surface area contributed by atoms with Gasteiger partial charge in [0.25, 0.3) is 5.91 Å². The predicted octanol–water partition coefficient (Wildman–Crippen LogP) is -0.294. The van der Waals surface area contributed by atoms with Crippen molar-refractivity contribution in [3.63, 3.8) is 0 Å². The van der Waals surface area contributed by atoms with Gasteiger partial charge in [-0.05, 0) is 6.42 Å². The van der Waals surface area contributed by atoms with Gasteiger partial charge in [-0.25, -0.2) is 9.78 Å². The number of amides is 2. The highest BCUT2D eigenvalue weighted by Crippen LogP contribution is 2.08. The average molecular weight is 268 g/mol. The summed E-state index contributed by atoms with van der Waals surface area (Å²) in [6, 6.07) is 0. The molecule has 19 heavy (non-hydrogen) atoms. The van der Waals surface area contributed by atoms with Gasteiger partial charge in [0.2, 0.25) is 5.91 Å². The minimum atomic E-state index is -1.27. The molecule has 0 spiro atoms. The van der Waals surface area contributed by atoms with Crippen molar-refractivity contribution in [2.45, 2.75) is 13.3 Å². The number of carboxylic acid groups (broad SMARTS) is 1. The van der Waals surface area contributed by atoms with Crippen molar-refractivity contribution in [3.8, 4) is 0 Å². The van der Waals surface area contributed by atoms with Crippen molar-refractivity contribution in [2.24, 2.45) is 0 Å². The number of carboxylic acids is 1. The third-order valence-electron chi connectivity index (χ3n) is 2.45. The lowest BCUT2D eigenvalue weighted by Crippen LogP contribution is -2.40. The van der Waals surface area contributed by atoms with Crippen LogP contribution in [0.4, 0.5) is 0 Å². The van der Waals surface area contributed by atoms with E-state index in [0.717, 1.165) is 6.33 Å². The molecule has 0 aliphatic heterocycles. The molecule has 0 aliphatic rings. The molecule has 1 rings (SSSR count). The van der Waals surface area contributed by atoms with Gasteiger partial charge in [-0.3, -0.25) is 9.59 Å². The molecule has 1 aromatic rings. The lowest BCUT2D eigenvalue weighted by molar-refractivity contribution is -0.121. The lowest BCUT2D eigenvalue weighted by Gasteiger charge is -2.20. The number of imidazole rings is 1. The van der Waals surface area contributed by atoms with Gasteiger partial charge in [0.05, 0.1) is 12.9 Å². The van der Waals surface area contributed by atoms with E-state index in [9.17, 15) is 14.4 Å². The van der Waals surface area contributed by atoms with Crippen LogP contribution in [-0.4, -0.2) is 57.9 Å². The Morgan fingerprint density at radius 3 is 2.68 bits per heavy atom. The molecular weight excluding hydrogens is 252 g/mol. The number of carbonyl (C=O) groups excluding carboxylic acids is 2. The van der Waals surface area contributed by atoms with Crippen LogP contribution in [0.15, 0.2) is 6.33 Å². The van der Waals surface area contributed by atoms with Gasteiger partial charge in [0, 0.05) is 13.6 Å². The highest BCUT2D eigenvalue weighted by atomic mass is 16.4. The highest BCUT2D eigenvalue weighted by Gasteiger charge is 2.25. The van der Waals surface area contributed by atoms with Gasteiger partial charge >= 0.3 is 5.97 Å². The fourth-order valence-corrected chi connectivity index (χ4v) is 1.54. The van der Waals surface area contributed by atoms with Crippen LogP contribution in [0.3, 0.4) is 0 Å². The number of aromatic amines is 1. The van der Waals surface area contributed by atoms with Gasteiger partial charge in [0.1, 0.15) is 0 Å². The van der Waals surface area contributed by atoms with Crippen LogP contribution in [0.5, 0.6) is 0 Å². The van der Waals surface area contributed by atoms with Crippen LogP contribution >= 0.6 is 0 Å². The Morgan fingerprint density at radius 1 is 1.47 bits per heavy atom. The van der Waals surface area contributed by atoms with E-state index >= 15 is 0 Å². The second-order valence-corrected chi connectivity index (χ2v) is 3.83. The quantitative estimate of drug-likeness (QED) is 0.655. The first kappa shape index (κ1) is 14.7. The fourth-order valence-electron chi connectivity index (χ4n) is 1.54. The predicted molar refractivity (Wildman–Crippen MR) is 65.8 cm³/mol. The number of likely N-dealkylation sites (N-methyl/N-ethyl adjacent to an activating group) is 1. The lowest BCUT2D eigenvalue weighted by atomic mass is 10.2. The molecule has 0 fully saturated rings. The van der Waals surface area contributed by atoms with E-state index in [1.54, 1.807) is 0 Å². The molecule has 0 saturated carbocycles. The van der Waals surface area contributed by atoms with E-state index in [0.29, 0.717) is 13.0 Å². The maximum atomic E-state index is 12.2. The maximum absolute atomic E-state index is 12.2. The van der Waals surface area contributed by atoms with Crippen LogP contribution < -0.4 is 5.32 Å². The van der Waals surface area contributed by atoms with Crippen molar-refractivity contribution in [1.82, 2.24) is 20.2 Å². The van der Waals surface area contributed by atoms with Crippen LogP contribution in [0.25, 0.3) is 0 Å². The molecule has 2 amide bonds. The van der Waals surface area contributed by atoms with Gasteiger partial charge in [-0.1, -0.05) is 6.92 Å². The smallest absolute Gasteiger partial charge is 0.354 e. The molecule has 8 heteroatoms. The zero-order valence-corrected chi connectivity index (χ0v) is 10.8.